The van der Waals surface area contributed by atoms with Gasteiger partial charge in [0.2, 0.25) is 0 Å². The number of hydrogen-bond acceptors (Lipinski definition) is 2. The summed E-state index contributed by atoms with van der Waals surface area (Å²) in [6, 6.07) is -0.0406. The minimum atomic E-state index is -0.763. The monoisotopic (exact) mass is 175 g/mol. The number of nitrogens with zero attached hydrogens (tertiary/aromatic N) is 1. The van der Waals surface area contributed by atoms with Crippen LogP contribution in [0.25, 0.3) is 0 Å². The molecule has 1 rings (SSSR count). The van der Waals surface area contributed by atoms with E-state index < -0.39 is 6.17 Å². The SMILES string of the molecule is COC(=O)N1CC[C@H](F)C[C@@H]1C. The van der Waals surface area contributed by atoms with Gasteiger partial charge in [-0.25, -0.2) is 9.18 Å². The summed E-state index contributed by atoms with van der Waals surface area (Å²) in [6.07, 6.45) is -0.260. The van der Waals surface area contributed by atoms with E-state index in [4.69, 9.17) is 0 Å². The van der Waals surface area contributed by atoms with Crippen LogP contribution in [0.1, 0.15) is 19.8 Å². The lowest BCUT2D eigenvalue weighted by molar-refractivity contribution is 0.0721. The molecular formula is C8H14FNO2. The van der Waals surface area contributed by atoms with Crippen LogP contribution in [0.15, 0.2) is 0 Å². The fourth-order valence-corrected chi connectivity index (χ4v) is 1.50. The Morgan fingerprint density at radius 3 is 2.83 bits per heavy atom. The van der Waals surface area contributed by atoms with E-state index in [9.17, 15) is 9.18 Å². The van der Waals surface area contributed by atoms with Gasteiger partial charge in [0.25, 0.3) is 0 Å². The first-order valence-corrected chi connectivity index (χ1v) is 4.13. The second-order valence-corrected chi connectivity index (χ2v) is 3.13. The average molecular weight is 175 g/mol. The Morgan fingerprint density at radius 1 is 1.67 bits per heavy atom. The predicted molar refractivity (Wildman–Crippen MR) is 42.7 cm³/mol. The van der Waals surface area contributed by atoms with Crippen LogP contribution in [0.5, 0.6) is 0 Å². The van der Waals surface area contributed by atoms with E-state index in [2.05, 4.69) is 4.74 Å². The fourth-order valence-electron chi connectivity index (χ4n) is 1.50. The Labute approximate surface area is 71.5 Å². The quantitative estimate of drug-likeness (QED) is 0.559. The van der Waals surface area contributed by atoms with Gasteiger partial charge < -0.3 is 9.64 Å². The van der Waals surface area contributed by atoms with Crippen LogP contribution < -0.4 is 0 Å². The van der Waals surface area contributed by atoms with Crippen LogP contribution in [-0.2, 0) is 4.74 Å². The first-order chi connectivity index (χ1) is 5.65. The third kappa shape index (κ3) is 1.87. The maximum absolute atomic E-state index is 12.8. The molecule has 0 bridgehead atoms. The normalized spacial score (nSPS) is 30.1. The number of likely N-dealkylation sites (tertiary alicyclic amines) is 1. The summed E-state index contributed by atoms with van der Waals surface area (Å²) in [5.74, 6) is 0. The predicted octanol–water partition coefficient (Wildman–Crippen LogP) is 1.58. The van der Waals surface area contributed by atoms with Gasteiger partial charge in [0.05, 0.1) is 7.11 Å². The number of ether oxygens (including phenoxy) is 1. The number of carbonyl (C=O) groups is 1. The summed E-state index contributed by atoms with van der Waals surface area (Å²) in [4.78, 5) is 12.6. The van der Waals surface area contributed by atoms with Gasteiger partial charge in [0.1, 0.15) is 6.17 Å². The highest BCUT2D eigenvalue weighted by atomic mass is 19.1. The largest absolute Gasteiger partial charge is 0.453 e. The molecule has 0 saturated carbocycles. The van der Waals surface area contributed by atoms with Crippen molar-refractivity contribution in [2.24, 2.45) is 0 Å². The Bertz CT molecular complexity index is 174. The van der Waals surface area contributed by atoms with Crippen molar-refractivity contribution >= 4 is 6.09 Å². The molecule has 0 aromatic rings. The zero-order valence-electron chi connectivity index (χ0n) is 7.42. The van der Waals surface area contributed by atoms with Crippen molar-refractivity contribution in [1.29, 1.82) is 0 Å². The van der Waals surface area contributed by atoms with Crippen molar-refractivity contribution in [3.8, 4) is 0 Å². The lowest BCUT2D eigenvalue weighted by Gasteiger charge is -2.33. The molecule has 0 aliphatic carbocycles. The van der Waals surface area contributed by atoms with E-state index in [0.29, 0.717) is 19.4 Å². The lowest BCUT2D eigenvalue weighted by Crippen LogP contribution is -2.45. The van der Waals surface area contributed by atoms with Crippen molar-refractivity contribution in [3.63, 3.8) is 0 Å². The molecule has 1 saturated heterocycles. The molecule has 0 radical (unpaired) electrons. The Kier molecular flexibility index (Phi) is 2.89. The molecule has 1 heterocycles. The van der Waals surface area contributed by atoms with Gasteiger partial charge in [-0.3, -0.25) is 0 Å². The summed E-state index contributed by atoms with van der Waals surface area (Å²) in [7, 11) is 1.34. The number of alkyl halides is 1. The molecule has 70 valence electrons. The van der Waals surface area contributed by atoms with Crippen LogP contribution in [-0.4, -0.2) is 36.9 Å². The maximum Gasteiger partial charge on any atom is 0.409 e. The van der Waals surface area contributed by atoms with Gasteiger partial charge in [-0.2, -0.15) is 0 Å². The minimum absolute atomic E-state index is 0.0406. The molecule has 0 spiro atoms. The van der Waals surface area contributed by atoms with E-state index in [1.165, 1.54) is 7.11 Å². The molecule has 0 unspecified atom stereocenters. The molecule has 0 N–H and O–H groups in total. The van der Waals surface area contributed by atoms with Crippen molar-refractivity contribution in [2.75, 3.05) is 13.7 Å². The van der Waals surface area contributed by atoms with Crippen LogP contribution >= 0.6 is 0 Å². The number of piperidine rings is 1. The summed E-state index contributed by atoms with van der Waals surface area (Å²) < 4.78 is 17.4. The Hall–Kier alpha value is -0.800. The van der Waals surface area contributed by atoms with Crippen LogP contribution in [0.3, 0.4) is 0 Å². The topological polar surface area (TPSA) is 29.5 Å². The van der Waals surface area contributed by atoms with E-state index in [-0.39, 0.29) is 12.1 Å². The highest BCUT2D eigenvalue weighted by molar-refractivity contribution is 5.67. The third-order valence-electron chi connectivity index (χ3n) is 2.22. The van der Waals surface area contributed by atoms with Crippen molar-refractivity contribution < 1.29 is 13.9 Å². The highest BCUT2D eigenvalue weighted by Crippen LogP contribution is 2.19. The zero-order chi connectivity index (χ0) is 9.14. The van der Waals surface area contributed by atoms with Gasteiger partial charge in [0, 0.05) is 12.6 Å². The van der Waals surface area contributed by atoms with Crippen LogP contribution in [0, 0.1) is 0 Å². The van der Waals surface area contributed by atoms with Gasteiger partial charge in [-0.05, 0) is 19.8 Å². The standard InChI is InChI=1S/C8H14FNO2/c1-6-5-7(9)3-4-10(6)8(11)12-2/h6-7H,3-5H2,1-2H3/t6-,7-/m0/s1. The van der Waals surface area contributed by atoms with Gasteiger partial charge >= 0.3 is 6.09 Å². The van der Waals surface area contributed by atoms with E-state index >= 15 is 0 Å². The van der Waals surface area contributed by atoms with Gasteiger partial charge in [-0.1, -0.05) is 0 Å². The second kappa shape index (κ2) is 3.74. The van der Waals surface area contributed by atoms with E-state index in [1.54, 1.807) is 4.90 Å². The first-order valence-electron chi connectivity index (χ1n) is 4.13. The number of rotatable bonds is 0. The van der Waals surface area contributed by atoms with Crippen molar-refractivity contribution in [2.45, 2.75) is 32.0 Å². The molecule has 4 heteroatoms. The molecule has 1 amide bonds. The highest BCUT2D eigenvalue weighted by Gasteiger charge is 2.28. The Morgan fingerprint density at radius 2 is 2.33 bits per heavy atom. The second-order valence-electron chi connectivity index (χ2n) is 3.13. The molecule has 3 nitrogen and oxygen atoms in total. The lowest BCUT2D eigenvalue weighted by atomic mass is 10.0. The molecule has 1 aliphatic rings. The van der Waals surface area contributed by atoms with Gasteiger partial charge in [-0.15, -0.1) is 0 Å². The fraction of sp³-hybridized carbons (Fsp3) is 0.875. The van der Waals surface area contributed by atoms with Crippen LogP contribution in [0.4, 0.5) is 9.18 Å². The van der Waals surface area contributed by atoms with Crippen molar-refractivity contribution in [3.05, 3.63) is 0 Å². The smallest absolute Gasteiger partial charge is 0.409 e. The molecular weight excluding hydrogens is 161 g/mol. The summed E-state index contributed by atoms with van der Waals surface area (Å²) in [5.41, 5.74) is 0. The summed E-state index contributed by atoms with van der Waals surface area (Å²) in [6.45, 7) is 2.30. The van der Waals surface area contributed by atoms with E-state index in [0.717, 1.165) is 0 Å². The number of hydrogen-bond donors (Lipinski definition) is 0. The minimum Gasteiger partial charge on any atom is -0.453 e. The molecule has 1 fully saturated rings. The summed E-state index contributed by atoms with van der Waals surface area (Å²) >= 11 is 0. The zero-order valence-corrected chi connectivity index (χ0v) is 7.42. The van der Waals surface area contributed by atoms with Gasteiger partial charge in [0.15, 0.2) is 0 Å². The third-order valence-corrected chi connectivity index (χ3v) is 2.22. The van der Waals surface area contributed by atoms with E-state index in [1.807, 2.05) is 6.92 Å². The molecule has 12 heavy (non-hydrogen) atoms. The number of methoxy groups -OCH3 is 1. The molecule has 0 aromatic heterocycles. The Balaban J connectivity index is 2.50. The average Bonchev–Trinajstić information content (AvgIpc) is 2.03. The summed E-state index contributed by atoms with van der Waals surface area (Å²) in [5, 5.41) is 0. The maximum atomic E-state index is 12.8. The number of halogens is 1. The number of amides is 1. The molecule has 0 aromatic carbocycles. The van der Waals surface area contributed by atoms with Crippen molar-refractivity contribution in [1.82, 2.24) is 4.90 Å². The van der Waals surface area contributed by atoms with Crippen LogP contribution in [0.2, 0.25) is 0 Å². The first kappa shape index (κ1) is 9.29. The molecule has 2 atom stereocenters. The molecule has 1 aliphatic heterocycles. The number of carbonyl (C=O) groups excluding carboxylic acids is 1.